The van der Waals surface area contributed by atoms with Crippen LogP contribution in [0.2, 0.25) is 5.02 Å². The van der Waals surface area contributed by atoms with Crippen molar-refractivity contribution in [3.63, 3.8) is 0 Å². The topological polar surface area (TPSA) is 63.3 Å². The molecular formula is C21H19ClN4O2S. The summed E-state index contributed by atoms with van der Waals surface area (Å²) in [6.45, 7) is 6.13. The Bertz CT molecular complexity index is 1160. The predicted octanol–water partition coefficient (Wildman–Crippen LogP) is 4.30. The summed E-state index contributed by atoms with van der Waals surface area (Å²) in [5.74, 6) is 1.27. The van der Waals surface area contributed by atoms with Crippen LogP contribution in [0.4, 0.5) is 0 Å². The first-order chi connectivity index (χ1) is 13.8. The van der Waals surface area contributed by atoms with Crippen molar-refractivity contribution in [2.45, 2.75) is 27.3 Å². The first-order valence-corrected chi connectivity index (χ1v) is 9.84. The Morgan fingerprint density at radius 1 is 1.24 bits per heavy atom. The van der Waals surface area contributed by atoms with Crippen LogP contribution in [0.1, 0.15) is 28.3 Å². The minimum atomic E-state index is -0.183. The smallest absolute Gasteiger partial charge is 0.276 e. The van der Waals surface area contributed by atoms with Gasteiger partial charge < -0.3 is 9.84 Å². The van der Waals surface area contributed by atoms with Crippen molar-refractivity contribution in [2.75, 3.05) is 0 Å². The average molecular weight is 427 g/mol. The largest absolute Gasteiger partial charge is 0.360 e. The van der Waals surface area contributed by atoms with Gasteiger partial charge in [-0.05, 0) is 62.3 Å². The number of rotatable bonds is 4. The normalized spacial score (nSPS) is 15.4. The van der Waals surface area contributed by atoms with E-state index in [9.17, 15) is 4.79 Å². The quantitative estimate of drug-likeness (QED) is 0.497. The van der Waals surface area contributed by atoms with Gasteiger partial charge in [-0.3, -0.25) is 14.3 Å². The number of amides is 1. The van der Waals surface area contributed by atoms with Gasteiger partial charge in [0.15, 0.2) is 10.9 Å². The monoisotopic (exact) mass is 426 g/mol. The number of hydrogen-bond donors (Lipinski definition) is 1. The third-order valence-electron chi connectivity index (χ3n) is 4.86. The van der Waals surface area contributed by atoms with Crippen LogP contribution >= 0.6 is 23.8 Å². The fraction of sp³-hybridized carbons (Fsp3) is 0.190. The van der Waals surface area contributed by atoms with Crippen LogP contribution in [0, 0.1) is 20.8 Å². The molecule has 1 fully saturated rings. The van der Waals surface area contributed by atoms with E-state index in [0.29, 0.717) is 28.2 Å². The van der Waals surface area contributed by atoms with Gasteiger partial charge in [0.2, 0.25) is 0 Å². The number of aromatic nitrogens is 2. The molecule has 1 amide bonds. The molecule has 1 N–H and O–H groups in total. The van der Waals surface area contributed by atoms with Gasteiger partial charge in [-0.1, -0.05) is 35.0 Å². The van der Waals surface area contributed by atoms with Crippen LogP contribution in [0.15, 0.2) is 46.6 Å². The third-order valence-corrected chi connectivity index (χ3v) is 5.55. The maximum atomic E-state index is 12.9. The lowest BCUT2D eigenvalue weighted by molar-refractivity contribution is -0.122. The van der Waals surface area contributed by atoms with E-state index in [0.717, 1.165) is 28.3 Å². The SMILES string of the molecule is Cc1cc(-n2c(C)cc(/C=C3\NC(=S)N(Cc4ccccc4Cl)C3=O)c2C)no1. The lowest BCUT2D eigenvalue weighted by atomic mass is 10.2. The van der Waals surface area contributed by atoms with Crippen LogP contribution < -0.4 is 5.32 Å². The number of benzene rings is 1. The van der Waals surface area contributed by atoms with Gasteiger partial charge in [-0.15, -0.1) is 0 Å². The summed E-state index contributed by atoms with van der Waals surface area (Å²) in [6.07, 6.45) is 1.81. The highest BCUT2D eigenvalue weighted by molar-refractivity contribution is 7.80. The highest BCUT2D eigenvalue weighted by Gasteiger charge is 2.31. The highest BCUT2D eigenvalue weighted by atomic mass is 35.5. The van der Waals surface area contributed by atoms with E-state index in [-0.39, 0.29) is 5.91 Å². The molecule has 8 heteroatoms. The van der Waals surface area contributed by atoms with Crippen LogP contribution in [-0.4, -0.2) is 25.6 Å². The fourth-order valence-corrected chi connectivity index (χ4v) is 3.87. The Labute approximate surface area is 178 Å². The Hall–Kier alpha value is -2.90. The maximum absolute atomic E-state index is 12.9. The summed E-state index contributed by atoms with van der Waals surface area (Å²) in [7, 11) is 0. The minimum Gasteiger partial charge on any atom is -0.360 e. The van der Waals surface area contributed by atoms with Crippen LogP contribution in [0.25, 0.3) is 11.9 Å². The molecule has 3 heterocycles. The van der Waals surface area contributed by atoms with Gasteiger partial charge in [0.05, 0.1) is 6.54 Å². The molecule has 0 saturated carbocycles. The van der Waals surface area contributed by atoms with E-state index in [1.54, 1.807) is 6.07 Å². The lowest BCUT2D eigenvalue weighted by Gasteiger charge is -2.14. The summed E-state index contributed by atoms with van der Waals surface area (Å²) >= 11 is 11.6. The molecule has 0 unspecified atom stereocenters. The molecule has 1 aliphatic rings. The Balaban J connectivity index is 1.63. The van der Waals surface area contributed by atoms with Gasteiger partial charge in [0.1, 0.15) is 11.5 Å². The van der Waals surface area contributed by atoms with Crippen LogP contribution in [0.3, 0.4) is 0 Å². The number of nitrogens with zero attached hydrogens (tertiary/aromatic N) is 3. The van der Waals surface area contributed by atoms with Gasteiger partial charge in [0, 0.05) is 22.5 Å². The fourth-order valence-electron chi connectivity index (χ4n) is 3.41. The minimum absolute atomic E-state index is 0.183. The molecule has 3 aromatic rings. The Kier molecular flexibility index (Phi) is 5.02. The van der Waals surface area contributed by atoms with Crippen LogP contribution in [-0.2, 0) is 11.3 Å². The summed E-state index contributed by atoms with van der Waals surface area (Å²) in [5, 5.41) is 8.08. The first-order valence-electron chi connectivity index (χ1n) is 9.05. The van der Waals surface area contributed by atoms with Crippen molar-refractivity contribution in [3.8, 4) is 5.82 Å². The maximum Gasteiger partial charge on any atom is 0.276 e. The van der Waals surface area contributed by atoms with E-state index in [4.69, 9.17) is 28.3 Å². The second-order valence-electron chi connectivity index (χ2n) is 6.93. The zero-order chi connectivity index (χ0) is 20.7. The number of thiocarbonyl (C=S) groups is 1. The zero-order valence-corrected chi connectivity index (χ0v) is 17.8. The molecule has 1 aromatic carbocycles. The van der Waals surface area contributed by atoms with Gasteiger partial charge >= 0.3 is 0 Å². The molecule has 148 valence electrons. The molecule has 2 aromatic heterocycles. The van der Waals surface area contributed by atoms with Crippen molar-refractivity contribution >= 4 is 40.9 Å². The van der Waals surface area contributed by atoms with Gasteiger partial charge in [0.25, 0.3) is 5.91 Å². The number of carbonyl (C=O) groups excluding carboxylic acids is 1. The molecule has 4 rings (SSSR count). The number of aryl methyl sites for hydroxylation is 2. The summed E-state index contributed by atoms with van der Waals surface area (Å²) < 4.78 is 7.18. The number of carbonyl (C=O) groups is 1. The Morgan fingerprint density at radius 3 is 2.69 bits per heavy atom. The standard InChI is InChI=1S/C21H19ClN4O2S/c1-12-8-16(14(3)26(12)19-9-13(2)28-24-19)10-18-20(27)25(21(29)23-18)11-15-6-4-5-7-17(15)22/h4-10H,11H2,1-3H3,(H,23,29)/b18-10-. The summed E-state index contributed by atoms with van der Waals surface area (Å²) in [4.78, 5) is 14.5. The van der Waals surface area contributed by atoms with Gasteiger partial charge in [-0.25, -0.2) is 0 Å². The molecule has 0 bridgehead atoms. The van der Waals surface area contributed by atoms with E-state index in [2.05, 4.69) is 10.5 Å². The first kappa shape index (κ1) is 19.4. The number of nitrogens with one attached hydrogen (secondary N) is 1. The van der Waals surface area contributed by atoms with Crippen molar-refractivity contribution in [2.24, 2.45) is 0 Å². The molecule has 6 nitrogen and oxygen atoms in total. The molecule has 0 atom stereocenters. The summed E-state index contributed by atoms with van der Waals surface area (Å²) in [5.41, 5.74) is 4.12. The lowest BCUT2D eigenvalue weighted by Crippen LogP contribution is -2.30. The summed E-state index contributed by atoms with van der Waals surface area (Å²) in [6, 6.07) is 11.3. The number of halogens is 1. The second-order valence-corrected chi connectivity index (χ2v) is 7.72. The van der Waals surface area contributed by atoms with Gasteiger partial charge in [-0.2, -0.15) is 0 Å². The predicted molar refractivity (Wildman–Crippen MR) is 116 cm³/mol. The molecule has 1 saturated heterocycles. The Morgan fingerprint density at radius 2 is 2.00 bits per heavy atom. The molecular weight excluding hydrogens is 408 g/mol. The molecule has 0 radical (unpaired) electrons. The highest BCUT2D eigenvalue weighted by Crippen LogP contribution is 2.25. The second kappa shape index (κ2) is 7.50. The third kappa shape index (κ3) is 3.59. The van der Waals surface area contributed by atoms with Crippen molar-refractivity contribution in [3.05, 3.63) is 75.4 Å². The number of hydrogen-bond acceptors (Lipinski definition) is 4. The van der Waals surface area contributed by atoms with Crippen molar-refractivity contribution in [1.29, 1.82) is 0 Å². The van der Waals surface area contributed by atoms with Crippen molar-refractivity contribution in [1.82, 2.24) is 19.9 Å². The van der Waals surface area contributed by atoms with E-state index < -0.39 is 0 Å². The van der Waals surface area contributed by atoms with Crippen LogP contribution in [0.5, 0.6) is 0 Å². The molecule has 0 aliphatic carbocycles. The van der Waals surface area contributed by atoms with E-state index in [1.165, 1.54) is 4.90 Å². The van der Waals surface area contributed by atoms with Crippen molar-refractivity contribution < 1.29 is 9.32 Å². The zero-order valence-electron chi connectivity index (χ0n) is 16.2. The molecule has 1 aliphatic heterocycles. The molecule has 29 heavy (non-hydrogen) atoms. The van der Waals surface area contributed by atoms with E-state index in [1.807, 2.05) is 61.7 Å². The average Bonchev–Trinajstić information content (AvgIpc) is 3.29. The molecule has 0 spiro atoms. The van der Waals surface area contributed by atoms with E-state index >= 15 is 0 Å².